The summed E-state index contributed by atoms with van der Waals surface area (Å²) < 4.78 is 12.7. The third kappa shape index (κ3) is 3.37. The van der Waals surface area contributed by atoms with Gasteiger partial charge in [0.15, 0.2) is 11.5 Å². The van der Waals surface area contributed by atoms with Crippen LogP contribution in [0.1, 0.15) is 18.9 Å². The van der Waals surface area contributed by atoms with E-state index in [1.54, 1.807) is 26.6 Å². The van der Waals surface area contributed by atoms with Crippen molar-refractivity contribution in [2.45, 2.75) is 18.9 Å². The first-order valence-corrected chi connectivity index (χ1v) is 10.5. The van der Waals surface area contributed by atoms with Gasteiger partial charge < -0.3 is 19.4 Å². The zero-order valence-corrected chi connectivity index (χ0v) is 18.0. The maximum atomic E-state index is 12.6. The van der Waals surface area contributed by atoms with Gasteiger partial charge in [-0.3, -0.25) is 4.57 Å². The Bertz CT molecular complexity index is 1320. The molecule has 2 aromatic carbocycles. The topological polar surface area (TPSA) is 85.3 Å². The minimum Gasteiger partial charge on any atom is -0.493 e. The summed E-state index contributed by atoms with van der Waals surface area (Å²) in [5.41, 5.74) is 2.36. The number of nitrogens with one attached hydrogen (secondary N) is 1. The van der Waals surface area contributed by atoms with E-state index in [1.165, 1.54) is 0 Å². The Hall–Kier alpha value is -3.26. The first-order chi connectivity index (χ1) is 15.1. The van der Waals surface area contributed by atoms with Crippen LogP contribution in [0, 0.1) is 0 Å². The molecule has 5 rings (SSSR count). The molecule has 160 valence electrons. The molecular weight excluding hydrogens is 418 g/mol. The van der Waals surface area contributed by atoms with Crippen LogP contribution in [0.5, 0.6) is 11.5 Å². The maximum Gasteiger partial charge on any atom is 0.326 e. The molecule has 0 radical (unpaired) electrons. The number of anilines is 1. The van der Waals surface area contributed by atoms with E-state index in [4.69, 9.17) is 21.1 Å². The number of H-pyrrole nitrogens is 1. The number of rotatable bonds is 4. The summed E-state index contributed by atoms with van der Waals surface area (Å²) in [7, 11) is 3.22. The minimum atomic E-state index is -0.0972. The van der Waals surface area contributed by atoms with Gasteiger partial charge in [-0.25, -0.2) is 14.8 Å². The molecule has 8 nitrogen and oxygen atoms in total. The Kier molecular flexibility index (Phi) is 4.94. The van der Waals surface area contributed by atoms with Crippen molar-refractivity contribution >= 4 is 39.4 Å². The van der Waals surface area contributed by atoms with Crippen molar-refractivity contribution in [1.29, 1.82) is 0 Å². The second-order valence-corrected chi connectivity index (χ2v) is 8.04. The van der Waals surface area contributed by atoms with Crippen molar-refractivity contribution in [3.8, 4) is 11.5 Å². The summed E-state index contributed by atoms with van der Waals surface area (Å²) in [5.74, 6) is 2.14. The molecule has 31 heavy (non-hydrogen) atoms. The predicted molar refractivity (Wildman–Crippen MR) is 121 cm³/mol. The number of piperidine rings is 1. The van der Waals surface area contributed by atoms with Crippen molar-refractivity contribution < 1.29 is 9.47 Å². The third-order valence-corrected chi connectivity index (χ3v) is 6.16. The number of imidazole rings is 1. The number of aromatic nitrogens is 4. The minimum absolute atomic E-state index is 0.0972. The first-order valence-electron chi connectivity index (χ1n) is 10.1. The van der Waals surface area contributed by atoms with E-state index in [0.717, 1.165) is 53.7 Å². The van der Waals surface area contributed by atoms with E-state index in [0.29, 0.717) is 16.5 Å². The second kappa shape index (κ2) is 7.77. The lowest BCUT2D eigenvalue weighted by atomic mass is 10.0. The van der Waals surface area contributed by atoms with Crippen LogP contribution in [0.4, 0.5) is 5.82 Å². The number of nitrogens with zero attached hydrogens (tertiary/aromatic N) is 4. The van der Waals surface area contributed by atoms with E-state index in [9.17, 15) is 4.79 Å². The Morgan fingerprint density at radius 2 is 1.81 bits per heavy atom. The monoisotopic (exact) mass is 439 g/mol. The lowest BCUT2D eigenvalue weighted by molar-refractivity contribution is 0.355. The first kappa shape index (κ1) is 19.7. The van der Waals surface area contributed by atoms with Crippen LogP contribution in [-0.2, 0) is 0 Å². The van der Waals surface area contributed by atoms with Crippen LogP contribution in [-0.4, -0.2) is 46.8 Å². The Morgan fingerprint density at radius 1 is 1.06 bits per heavy atom. The molecule has 0 amide bonds. The maximum absolute atomic E-state index is 12.6. The van der Waals surface area contributed by atoms with Crippen molar-refractivity contribution in [1.82, 2.24) is 19.5 Å². The molecule has 2 aromatic heterocycles. The number of halogens is 1. The molecule has 0 bridgehead atoms. The van der Waals surface area contributed by atoms with Crippen molar-refractivity contribution in [2.24, 2.45) is 0 Å². The lowest BCUT2D eigenvalue weighted by Crippen LogP contribution is -2.37. The molecule has 1 N–H and O–H groups in total. The van der Waals surface area contributed by atoms with Gasteiger partial charge in [0.2, 0.25) is 0 Å². The predicted octanol–water partition coefficient (Wildman–Crippen LogP) is 3.78. The smallest absolute Gasteiger partial charge is 0.326 e. The van der Waals surface area contributed by atoms with Crippen LogP contribution < -0.4 is 20.1 Å². The summed E-state index contributed by atoms with van der Waals surface area (Å²) in [5, 5.41) is 1.52. The van der Waals surface area contributed by atoms with E-state index in [2.05, 4.69) is 19.9 Å². The number of fused-ring (bicyclic) bond motifs is 2. The third-order valence-electron chi connectivity index (χ3n) is 5.93. The Morgan fingerprint density at radius 3 is 2.55 bits per heavy atom. The lowest BCUT2D eigenvalue weighted by Gasteiger charge is -2.33. The van der Waals surface area contributed by atoms with E-state index < -0.39 is 0 Å². The van der Waals surface area contributed by atoms with Gasteiger partial charge in [-0.05, 0) is 37.1 Å². The highest BCUT2D eigenvalue weighted by atomic mass is 35.5. The normalized spacial score (nSPS) is 15.0. The SMILES string of the molecule is COc1cc2ncnc(N3CCC(n4c(=O)[nH]c5cc(Cl)ccc54)CC3)c2cc1OC. The molecule has 0 atom stereocenters. The van der Waals surface area contributed by atoms with Gasteiger partial charge in [-0.1, -0.05) is 11.6 Å². The average molecular weight is 440 g/mol. The molecule has 0 spiro atoms. The van der Waals surface area contributed by atoms with Gasteiger partial charge >= 0.3 is 5.69 Å². The molecule has 9 heteroatoms. The number of aromatic amines is 1. The van der Waals surface area contributed by atoms with Crippen molar-refractivity contribution in [3.05, 3.63) is 52.2 Å². The number of methoxy groups -OCH3 is 2. The summed E-state index contributed by atoms with van der Waals surface area (Å²) in [6, 6.07) is 9.41. The fourth-order valence-electron chi connectivity index (χ4n) is 4.42. The largest absolute Gasteiger partial charge is 0.493 e. The summed E-state index contributed by atoms with van der Waals surface area (Å²) in [6.07, 6.45) is 3.23. The fourth-order valence-corrected chi connectivity index (χ4v) is 4.60. The number of ether oxygens (including phenoxy) is 2. The van der Waals surface area contributed by atoms with Gasteiger partial charge in [0.05, 0.1) is 30.8 Å². The molecule has 1 aliphatic heterocycles. The van der Waals surface area contributed by atoms with Crippen LogP contribution in [0.3, 0.4) is 0 Å². The van der Waals surface area contributed by atoms with Crippen LogP contribution in [0.25, 0.3) is 21.9 Å². The highest BCUT2D eigenvalue weighted by Gasteiger charge is 2.25. The van der Waals surface area contributed by atoms with E-state index in [-0.39, 0.29) is 11.7 Å². The molecular formula is C22H22ClN5O3. The number of benzene rings is 2. The zero-order chi connectivity index (χ0) is 21.5. The highest BCUT2D eigenvalue weighted by Crippen LogP contribution is 2.36. The van der Waals surface area contributed by atoms with Crippen LogP contribution in [0.2, 0.25) is 5.02 Å². The molecule has 1 fully saturated rings. The summed E-state index contributed by atoms with van der Waals surface area (Å²) in [6.45, 7) is 1.55. The van der Waals surface area contributed by atoms with Gasteiger partial charge in [-0.2, -0.15) is 0 Å². The van der Waals surface area contributed by atoms with Crippen molar-refractivity contribution in [2.75, 3.05) is 32.2 Å². The number of hydrogen-bond acceptors (Lipinski definition) is 6. The molecule has 3 heterocycles. The average Bonchev–Trinajstić information content (AvgIpc) is 3.12. The molecule has 0 saturated carbocycles. The standard InChI is InChI=1S/C22H22ClN5O3/c1-30-19-10-15-16(11-20(19)31-2)24-12-25-21(15)27-7-5-14(6-8-27)28-18-4-3-13(23)9-17(18)26-22(28)29/h3-4,9-12,14H,5-8H2,1-2H3,(H,26,29). The van der Waals surface area contributed by atoms with Gasteiger partial charge in [0.25, 0.3) is 0 Å². The van der Waals surface area contributed by atoms with Crippen LogP contribution >= 0.6 is 11.6 Å². The van der Waals surface area contributed by atoms with Crippen LogP contribution in [0.15, 0.2) is 41.5 Å². The van der Waals surface area contributed by atoms with Gasteiger partial charge in [0, 0.05) is 35.6 Å². The van der Waals surface area contributed by atoms with Gasteiger partial charge in [0.1, 0.15) is 12.1 Å². The second-order valence-electron chi connectivity index (χ2n) is 7.60. The number of hydrogen-bond donors (Lipinski definition) is 1. The molecule has 1 saturated heterocycles. The molecule has 1 aliphatic rings. The summed E-state index contributed by atoms with van der Waals surface area (Å²) in [4.78, 5) is 26.7. The zero-order valence-electron chi connectivity index (χ0n) is 17.3. The van der Waals surface area contributed by atoms with Gasteiger partial charge in [-0.15, -0.1) is 0 Å². The Labute approximate surface area is 183 Å². The Balaban J connectivity index is 1.44. The highest BCUT2D eigenvalue weighted by molar-refractivity contribution is 6.31. The summed E-state index contributed by atoms with van der Waals surface area (Å²) >= 11 is 6.07. The van der Waals surface area contributed by atoms with E-state index in [1.807, 2.05) is 28.8 Å². The fraction of sp³-hybridized carbons (Fsp3) is 0.318. The van der Waals surface area contributed by atoms with Crippen molar-refractivity contribution in [3.63, 3.8) is 0 Å². The molecule has 0 aliphatic carbocycles. The quantitative estimate of drug-likeness (QED) is 0.520. The molecule has 0 unspecified atom stereocenters. The molecule has 4 aromatic rings. The van der Waals surface area contributed by atoms with E-state index >= 15 is 0 Å².